The molecule has 2 N–H and O–H groups in total. The predicted octanol–water partition coefficient (Wildman–Crippen LogP) is 2.60. The molecule has 5 heteroatoms. The summed E-state index contributed by atoms with van der Waals surface area (Å²) in [6.07, 6.45) is 0. The topological polar surface area (TPSA) is 52.3 Å². The number of carbonyl (C=O) groups is 1. The Kier molecular flexibility index (Phi) is 3.76. The minimum Gasteiger partial charge on any atom is -0.469 e. The molecule has 0 bridgehead atoms. The first kappa shape index (κ1) is 12.5. The fourth-order valence-electron chi connectivity index (χ4n) is 1.24. The van der Waals surface area contributed by atoms with E-state index in [1.165, 1.54) is 18.4 Å². The standard InChI is InChI=1S/C10H14ClNO2S/c1-10(2,9(13)14-3)8(12)6-4-5-7(11)15-6/h4-5,8H,12H2,1-3H3/t8-/m1/s1. The number of nitrogens with two attached hydrogens (primary N) is 1. The fraction of sp³-hybridized carbons (Fsp3) is 0.500. The zero-order valence-corrected chi connectivity index (χ0v) is 10.5. The van der Waals surface area contributed by atoms with E-state index in [4.69, 9.17) is 22.1 Å². The molecule has 0 aliphatic carbocycles. The van der Waals surface area contributed by atoms with Crippen molar-refractivity contribution in [1.29, 1.82) is 0 Å². The zero-order chi connectivity index (χ0) is 11.6. The molecule has 0 unspecified atom stereocenters. The SMILES string of the molecule is COC(=O)C(C)(C)[C@H](N)c1ccc(Cl)s1. The van der Waals surface area contributed by atoms with Crippen molar-refractivity contribution in [3.05, 3.63) is 21.3 Å². The van der Waals surface area contributed by atoms with Gasteiger partial charge in [0.2, 0.25) is 0 Å². The van der Waals surface area contributed by atoms with E-state index in [1.54, 1.807) is 19.9 Å². The van der Waals surface area contributed by atoms with Crippen LogP contribution in [0.5, 0.6) is 0 Å². The number of rotatable bonds is 3. The predicted molar refractivity (Wildman–Crippen MR) is 62.1 cm³/mol. The number of hydrogen-bond donors (Lipinski definition) is 1. The van der Waals surface area contributed by atoms with Gasteiger partial charge in [-0.2, -0.15) is 0 Å². The maximum absolute atomic E-state index is 11.5. The van der Waals surface area contributed by atoms with E-state index in [1.807, 2.05) is 6.07 Å². The quantitative estimate of drug-likeness (QED) is 0.836. The number of methoxy groups -OCH3 is 1. The summed E-state index contributed by atoms with van der Waals surface area (Å²) in [6, 6.07) is 3.21. The van der Waals surface area contributed by atoms with Crippen LogP contribution in [0.1, 0.15) is 24.8 Å². The van der Waals surface area contributed by atoms with Crippen LogP contribution < -0.4 is 5.73 Å². The van der Waals surface area contributed by atoms with Crippen molar-refractivity contribution in [2.24, 2.45) is 11.1 Å². The van der Waals surface area contributed by atoms with E-state index in [9.17, 15) is 4.79 Å². The summed E-state index contributed by atoms with van der Waals surface area (Å²) in [4.78, 5) is 12.4. The van der Waals surface area contributed by atoms with Crippen LogP contribution in [0, 0.1) is 5.41 Å². The molecule has 0 amide bonds. The summed E-state index contributed by atoms with van der Waals surface area (Å²) < 4.78 is 5.38. The molecule has 0 aromatic carbocycles. The number of ether oxygens (including phenoxy) is 1. The first-order valence-electron chi connectivity index (χ1n) is 4.49. The van der Waals surface area contributed by atoms with Crippen LogP contribution in [0.25, 0.3) is 0 Å². The first-order chi connectivity index (χ1) is 6.89. The Morgan fingerprint density at radius 1 is 1.60 bits per heavy atom. The van der Waals surface area contributed by atoms with Gasteiger partial charge < -0.3 is 10.5 Å². The molecule has 0 saturated heterocycles. The lowest BCUT2D eigenvalue weighted by Crippen LogP contribution is -2.36. The van der Waals surface area contributed by atoms with Gasteiger partial charge in [0.15, 0.2) is 0 Å². The zero-order valence-electron chi connectivity index (χ0n) is 8.91. The van der Waals surface area contributed by atoms with Gasteiger partial charge >= 0.3 is 5.97 Å². The number of carbonyl (C=O) groups excluding carboxylic acids is 1. The lowest BCUT2D eigenvalue weighted by Gasteiger charge is -2.27. The van der Waals surface area contributed by atoms with Crippen molar-refractivity contribution in [3.8, 4) is 0 Å². The van der Waals surface area contributed by atoms with Crippen LogP contribution in [0.3, 0.4) is 0 Å². The smallest absolute Gasteiger partial charge is 0.313 e. The Labute approximate surface area is 98.2 Å². The lowest BCUT2D eigenvalue weighted by molar-refractivity contribution is -0.152. The second-order valence-corrected chi connectivity index (χ2v) is 5.58. The number of halogens is 1. The van der Waals surface area contributed by atoms with Gasteiger partial charge in [-0.3, -0.25) is 4.79 Å². The van der Waals surface area contributed by atoms with E-state index >= 15 is 0 Å². The van der Waals surface area contributed by atoms with Gasteiger partial charge in [-0.15, -0.1) is 11.3 Å². The van der Waals surface area contributed by atoms with E-state index in [0.717, 1.165) is 4.88 Å². The lowest BCUT2D eigenvalue weighted by atomic mass is 9.84. The van der Waals surface area contributed by atoms with Gasteiger partial charge in [-0.25, -0.2) is 0 Å². The molecule has 0 spiro atoms. The molecule has 1 atom stereocenters. The Morgan fingerprint density at radius 3 is 2.60 bits per heavy atom. The average Bonchev–Trinajstić information content (AvgIpc) is 2.62. The molecule has 1 heterocycles. The van der Waals surface area contributed by atoms with Gasteiger partial charge in [0, 0.05) is 4.88 Å². The molecule has 3 nitrogen and oxygen atoms in total. The third-order valence-corrected chi connectivity index (χ3v) is 3.70. The van der Waals surface area contributed by atoms with Crippen LogP contribution in [0.2, 0.25) is 4.34 Å². The highest BCUT2D eigenvalue weighted by Crippen LogP contribution is 2.37. The van der Waals surface area contributed by atoms with Crippen molar-refractivity contribution in [2.45, 2.75) is 19.9 Å². The van der Waals surface area contributed by atoms with Crippen LogP contribution >= 0.6 is 22.9 Å². The summed E-state index contributed by atoms with van der Waals surface area (Å²) in [5.41, 5.74) is 5.27. The van der Waals surface area contributed by atoms with Crippen LogP contribution in [-0.4, -0.2) is 13.1 Å². The molecule has 0 aliphatic rings. The Bertz CT molecular complexity index is 362. The van der Waals surface area contributed by atoms with E-state index < -0.39 is 11.5 Å². The van der Waals surface area contributed by atoms with Gasteiger partial charge in [-0.05, 0) is 26.0 Å². The minimum absolute atomic E-state index is 0.320. The summed E-state index contributed by atoms with van der Waals surface area (Å²) in [6.45, 7) is 3.52. The van der Waals surface area contributed by atoms with Gasteiger partial charge in [0.25, 0.3) is 0 Å². The monoisotopic (exact) mass is 247 g/mol. The normalized spacial score (nSPS) is 13.7. The van der Waals surface area contributed by atoms with Gasteiger partial charge in [-0.1, -0.05) is 11.6 Å². The summed E-state index contributed by atoms with van der Waals surface area (Å²) in [7, 11) is 1.36. The third kappa shape index (κ3) is 2.51. The maximum atomic E-state index is 11.5. The number of hydrogen-bond acceptors (Lipinski definition) is 4. The van der Waals surface area contributed by atoms with Crippen LogP contribution in [0.4, 0.5) is 0 Å². The van der Waals surface area contributed by atoms with Crippen molar-refractivity contribution in [3.63, 3.8) is 0 Å². The van der Waals surface area contributed by atoms with Crippen molar-refractivity contribution < 1.29 is 9.53 Å². The van der Waals surface area contributed by atoms with Crippen molar-refractivity contribution in [1.82, 2.24) is 0 Å². The second kappa shape index (κ2) is 4.51. The van der Waals surface area contributed by atoms with Crippen LogP contribution in [-0.2, 0) is 9.53 Å². The molecular formula is C10H14ClNO2S. The van der Waals surface area contributed by atoms with Gasteiger partial charge in [0.05, 0.1) is 22.9 Å². The molecular weight excluding hydrogens is 234 g/mol. The molecule has 84 valence electrons. The molecule has 1 rings (SSSR count). The maximum Gasteiger partial charge on any atom is 0.313 e. The largest absolute Gasteiger partial charge is 0.469 e. The van der Waals surface area contributed by atoms with Crippen molar-refractivity contribution in [2.75, 3.05) is 7.11 Å². The Balaban J connectivity index is 2.93. The average molecular weight is 248 g/mol. The van der Waals surface area contributed by atoms with E-state index in [-0.39, 0.29) is 5.97 Å². The molecule has 0 saturated carbocycles. The Hall–Kier alpha value is -0.580. The third-order valence-electron chi connectivity index (χ3n) is 2.39. The molecule has 0 aliphatic heterocycles. The van der Waals surface area contributed by atoms with Crippen molar-refractivity contribution >= 4 is 28.9 Å². The molecule has 1 aromatic heterocycles. The summed E-state index contributed by atoms with van der Waals surface area (Å²) >= 11 is 7.20. The molecule has 0 radical (unpaired) electrons. The molecule has 0 fully saturated rings. The summed E-state index contributed by atoms with van der Waals surface area (Å²) in [5, 5.41) is 0. The van der Waals surface area contributed by atoms with Crippen LogP contribution in [0.15, 0.2) is 12.1 Å². The van der Waals surface area contributed by atoms with E-state index in [0.29, 0.717) is 4.34 Å². The highest BCUT2D eigenvalue weighted by atomic mass is 35.5. The summed E-state index contributed by atoms with van der Waals surface area (Å²) in [5.74, 6) is -0.320. The highest BCUT2D eigenvalue weighted by molar-refractivity contribution is 7.16. The highest BCUT2D eigenvalue weighted by Gasteiger charge is 2.37. The number of thiophene rings is 1. The first-order valence-corrected chi connectivity index (χ1v) is 5.68. The Morgan fingerprint density at radius 2 is 2.20 bits per heavy atom. The van der Waals surface area contributed by atoms with Gasteiger partial charge in [0.1, 0.15) is 0 Å². The molecule has 1 aromatic rings. The second-order valence-electron chi connectivity index (χ2n) is 3.83. The number of esters is 1. The minimum atomic E-state index is -0.747. The fourth-order valence-corrected chi connectivity index (χ4v) is 2.49. The van der Waals surface area contributed by atoms with E-state index in [2.05, 4.69) is 0 Å². The molecule has 15 heavy (non-hydrogen) atoms.